The largest absolute Gasteiger partial charge is 0.492 e. The molecule has 0 unspecified atom stereocenters. The average molecular weight is 226 g/mol. The van der Waals surface area contributed by atoms with E-state index in [0.29, 0.717) is 6.61 Å². The summed E-state index contributed by atoms with van der Waals surface area (Å²) in [6.07, 6.45) is 1.78. The molecule has 0 aromatic heterocycles. The van der Waals surface area contributed by atoms with Gasteiger partial charge in [0, 0.05) is 12.1 Å². The zero-order valence-electron chi connectivity index (χ0n) is 8.48. The summed E-state index contributed by atoms with van der Waals surface area (Å²) >= 11 is 0. The Labute approximate surface area is 91.2 Å². The standard InChI is InChI=1S/C10H11FN2O3/c11-8-5-7(1-2-9(8)13(14)15)16-6-10(12)3-4-10/h1-2,5H,3-4,6,12H2. The molecule has 1 aromatic carbocycles. The van der Waals surface area contributed by atoms with E-state index >= 15 is 0 Å². The van der Waals surface area contributed by atoms with Gasteiger partial charge in [0.2, 0.25) is 5.82 Å². The first-order valence-corrected chi connectivity index (χ1v) is 4.86. The Morgan fingerprint density at radius 3 is 2.75 bits per heavy atom. The third kappa shape index (κ3) is 2.27. The first kappa shape index (κ1) is 10.8. The van der Waals surface area contributed by atoms with Crippen molar-refractivity contribution in [3.05, 3.63) is 34.1 Å². The highest BCUT2D eigenvalue weighted by Gasteiger charge is 2.39. The third-order valence-corrected chi connectivity index (χ3v) is 2.53. The van der Waals surface area contributed by atoms with Gasteiger partial charge in [0.1, 0.15) is 12.4 Å². The maximum atomic E-state index is 13.2. The van der Waals surface area contributed by atoms with Gasteiger partial charge in [-0.1, -0.05) is 0 Å². The molecule has 1 aliphatic carbocycles. The van der Waals surface area contributed by atoms with E-state index in [2.05, 4.69) is 0 Å². The molecular formula is C10H11FN2O3. The number of hydrogen-bond donors (Lipinski definition) is 1. The zero-order chi connectivity index (χ0) is 11.8. The summed E-state index contributed by atoms with van der Waals surface area (Å²) in [5.74, 6) is -0.635. The minimum atomic E-state index is -0.899. The highest BCUT2D eigenvalue weighted by Crippen LogP contribution is 2.33. The van der Waals surface area contributed by atoms with E-state index < -0.39 is 16.4 Å². The van der Waals surface area contributed by atoms with Gasteiger partial charge < -0.3 is 10.5 Å². The zero-order valence-corrected chi connectivity index (χ0v) is 8.48. The Kier molecular flexibility index (Phi) is 2.51. The maximum Gasteiger partial charge on any atom is 0.305 e. The molecule has 0 aliphatic heterocycles. The lowest BCUT2D eigenvalue weighted by atomic mass is 10.3. The lowest BCUT2D eigenvalue weighted by Crippen LogP contribution is -2.29. The summed E-state index contributed by atoms with van der Waals surface area (Å²) in [4.78, 5) is 9.59. The van der Waals surface area contributed by atoms with Gasteiger partial charge >= 0.3 is 5.69 Å². The molecule has 5 nitrogen and oxygen atoms in total. The SMILES string of the molecule is NC1(COc2ccc([N+](=O)[O-])c(F)c2)CC1. The fourth-order valence-electron chi connectivity index (χ4n) is 1.26. The quantitative estimate of drug-likeness (QED) is 0.624. The molecule has 2 N–H and O–H groups in total. The van der Waals surface area contributed by atoms with Crippen LogP contribution < -0.4 is 10.5 Å². The van der Waals surface area contributed by atoms with E-state index in [1.807, 2.05) is 0 Å². The molecule has 0 spiro atoms. The second-order valence-electron chi connectivity index (χ2n) is 4.02. The number of benzene rings is 1. The normalized spacial score (nSPS) is 16.9. The van der Waals surface area contributed by atoms with Crippen molar-refractivity contribution in [2.75, 3.05) is 6.61 Å². The molecule has 16 heavy (non-hydrogen) atoms. The van der Waals surface area contributed by atoms with Crippen molar-refractivity contribution in [1.82, 2.24) is 0 Å². The van der Waals surface area contributed by atoms with Crippen LogP contribution >= 0.6 is 0 Å². The van der Waals surface area contributed by atoms with E-state index in [4.69, 9.17) is 10.5 Å². The maximum absolute atomic E-state index is 13.2. The van der Waals surface area contributed by atoms with Crippen molar-refractivity contribution in [2.45, 2.75) is 18.4 Å². The van der Waals surface area contributed by atoms with Crippen molar-refractivity contribution in [2.24, 2.45) is 5.73 Å². The van der Waals surface area contributed by atoms with Crippen molar-refractivity contribution >= 4 is 5.69 Å². The van der Waals surface area contributed by atoms with E-state index in [-0.39, 0.29) is 11.3 Å². The predicted octanol–water partition coefficient (Wildman–Crippen LogP) is 1.60. The Balaban J connectivity index is 2.05. The molecule has 1 aromatic rings. The van der Waals surface area contributed by atoms with Crippen LogP contribution in [-0.2, 0) is 0 Å². The third-order valence-electron chi connectivity index (χ3n) is 2.53. The smallest absolute Gasteiger partial charge is 0.305 e. The van der Waals surface area contributed by atoms with Gasteiger partial charge in [0.05, 0.1) is 10.5 Å². The molecular weight excluding hydrogens is 215 g/mol. The van der Waals surface area contributed by atoms with Crippen LogP contribution in [0.2, 0.25) is 0 Å². The number of nitro groups is 1. The van der Waals surface area contributed by atoms with Crippen molar-refractivity contribution in [1.29, 1.82) is 0 Å². The second kappa shape index (κ2) is 3.71. The summed E-state index contributed by atoms with van der Waals surface area (Å²) in [7, 11) is 0. The minimum Gasteiger partial charge on any atom is -0.492 e. The number of halogens is 1. The molecule has 0 amide bonds. The monoisotopic (exact) mass is 226 g/mol. The Bertz CT molecular complexity index is 432. The van der Waals surface area contributed by atoms with Gasteiger partial charge in [-0.2, -0.15) is 4.39 Å². The van der Waals surface area contributed by atoms with Crippen molar-refractivity contribution in [3.63, 3.8) is 0 Å². The lowest BCUT2D eigenvalue weighted by molar-refractivity contribution is -0.387. The molecule has 1 aliphatic rings. The molecule has 0 bridgehead atoms. The van der Waals surface area contributed by atoms with Gasteiger partial charge in [0.25, 0.3) is 0 Å². The molecule has 0 saturated heterocycles. The molecule has 0 radical (unpaired) electrons. The molecule has 86 valence electrons. The van der Waals surface area contributed by atoms with Crippen LogP contribution in [-0.4, -0.2) is 17.1 Å². The number of rotatable bonds is 4. The Hall–Kier alpha value is -1.69. The minimum absolute atomic E-state index is 0.264. The number of hydrogen-bond acceptors (Lipinski definition) is 4. The number of nitrogens with zero attached hydrogens (tertiary/aromatic N) is 1. The predicted molar refractivity (Wildman–Crippen MR) is 54.7 cm³/mol. The number of nitrogens with two attached hydrogens (primary N) is 1. The molecule has 1 saturated carbocycles. The van der Waals surface area contributed by atoms with E-state index in [1.54, 1.807) is 0 Å². The van der Waals surface area contributed by atoms with Crippen LogP contribution in [0, 0.1) is 15.9 Å². The summed E-state index contributed by atoms with van der Waals surface area (Å²) < 4.78 is 18.4. The Morgan fingerprint density at radius 2 is 2.25 bits per heavy atom. The van der Waals surface area contributed by atoms with Crippen molar-refractivity contribution < 1.29 is 14.1 Å². The van der Waals surface area contributed by atoms with Gasteiger partial charge in [-0.05, 0) is 18.9 Å². The first-order valence-electron chi connectivity index (χ1n) is 4.86. The van der Waals surface area contributed by atoms with Crippen LogP contribution in [0.5, 0.6) is 5.75 Å². The van der Waals surface area contributed by atoms with Crippen LogP contribution in [0.4, 0.5) is 10.1 Å². The van der Waals surface area contributed by atoms with E-state index in [9.17, 15) is 14.5 Å². The lowest BCUT2D eigenvalue weighted by Gasteiger charge is -2.10. The number of ether oxygens (including phenoxy) is 1. The summed E-state index contributed by atoms with van der Waals surface area (Å²) in [6.45, 7) is 0.310. The van der Waals surface area contributed by atoms with Gasteiger partial charge in [-0.3, -0.25) is 10.1 Å². The highest BCUT2D eigenvalue weighted by molar-refractivity contribution is 5.38. The fraction of sp³-hybridized carbons (Fsp3) is 0.400. The molecule has 0 atom stereocenters. The van der Waals surface area contributed by atoms with Crippen LogP contribution in [0.3, 0.4) is 0 Å². The Morgan fingerprint density at radius 1 is 1.56 bits per heavy atom. The van der Waals surface area contributed by atoms with Gasteiger partial charge in [-0.15, -0.1) is 0 Å². The van der Waals surface area contributed by atoms with E-state index in [0.717, 1.165) is 25.0 Å². The van der Waals surface area contributed by atoms with Crippen molar-refractivity contribution in [3.8, 4) is 5.75 Å². The summed E-state index contributed by atoms with van der Waals surface area (Å²) in [5, 5.41) is 10.4. The van der Waals surface area contributed by atoms with Crippen LogP contribution in [0.1, 0.15) is 12.8 Å². The molecule has 0 heterocycles. The molecule has 1 fully saturated rings. The van der Waals surface area contributed by atoms with Crippen LogP contribution in [0.15, 0.2) is 18.2 Å². The first-order chi connectivity index (χ1) is 7.50. The highest BCUT2D eigenvalue weighted by atomic mass is 19.1. The number of nitro benzene ring substituents is 1. The summed E-state index contributed by atoms with van der Waals surface area (Å²) in [5.41, 5.74) is 4.94. The average Bonchev–Trinajstić information content (AvgIpc) is 2.94. The molecule has 6 heteroatoms. The van der Waals surface area contributed by atoms with Gasteiger partial charge in [0.15, 0.2) is 0 Å². The van der Waals surface area contributed by atoms with Gasteiger partial charge in [-0.25, -0.2) is 0 Å². The second-order valence-corrected chi connectivity index (χ2v) is 4.02. The van der Waals surface area contributed by atoms with E-state index in [1.165, 1.54) is 6.07 Å². The molecule has 2 rings (SSSR count). The fourth-order valence-corrected chi connectivity index (χ4v) is 1.26. The van der Waals surface area contributed by atoms with Crippen LogP contribution in [0.25, 0.3) is 0 Å². The topological polar surface area (TPSA) is 78.4 Å². The summed E-state index contributed by atoms with van der Waals surface area (Å²) in [6, 6.07) is 3.46.